The summed E-state index contributed by atoms with van der Waals surface area (Å²) in [7, 11) is 5.69. The molecular formula is C8H17N5. The predicted octanol–water partition coefficient (Wildman–Crippen LogP) is -0.181. The van der Waals surface area contributed by atoms with Crippen LogP contribution in [0.3, 0.4) is 0 Å². The van der Waals surface area contributed by atoms with Crippen molar-refractivity contribution < 1.29 is 0 Å². The molecule has 1 aliphatic heterocycles. The second kappa shape index (κ2) is 3.24. The molecule has 5 heteroatoms. The molecule has 74 valence electrons. The van der Waals surface area contributed by atoms with Crippen LogP contribution in [-0.4, -0.2) is 43.6 Å². The third-order valence-corrected chi connectivity index (χ3v) is 1.65. The number of rotatable bonds is 0. The van der Waals surface area contributed by atoms with E-state index in [1.54, 1.807) is 0 Å². The first-order valence-electron chi connectivity index (χ1n) is 4.26. The fraction of sp³-hybridized carbons (Fsp3) is 0.750. The Labute approximate surface area is 78.9 Å². The fourth-order valence-electron chi connectivity index (χ4n) is 1.04. The lowest BCUT2D eigenvalue weighted by Crippen LogP contribution is -2.52. The molecule has 1 aliphatic rings. The predicted molar refractivity (Wildman–Crippen MR) is 54.8 cm³/mol. The molecule has 2 N–H and O–H groups in total. The van der Waals surface area contributed by atoms with E-state index in [9.17, 15) is 0 Å². The zero-order chi connectivity index (χ0) is 10.1. The van der Waals surface area contributed by atoms with E-state index in [1.807, 2.05) is 39.9 Å². The number of nitrogens with one attached hydrogen (secondary N) is 2. The first kappa shape index (κ1) is 9.83. The monoisotopic (exact) mass is 183 g/mol. The minimum atomic E-state index is -0.292. The van der Waals surface area contributed by atoms with Crippen LogP contribution in [0, 0.1) is 0 Å². The van der Waals surface area contributed by atoms with Crippen molar-refractivity contribution in [2.45, 2.75) is 19.5 Å². The second-order valence-corrected chi connectivity index (χ2v) is 3.70. The van der Waals surface area contributed by atoms with Gasteiger partial charge in [0, 0.05) is 21.1 Å². The standard InChI is InChI=1S/C8H17N5/c1-8(2)11-6(9-3)10-7(12-8)13(4)5/h1-5H3,(H2,9,10,11,12). The number of aliphatic imine (C=N–C) groups is 2. The highest BCUT2D eigenvalue weighted by Gasteiger charge is 2.23. The van der Waals surface area contributed by atoms with Gasteiger partial charge in [-0.1, -0.05) is 0 Å². The molecule has 13 heavy (non-hydrogen) atoms. The molecule has 0 spiro atoms. The summed E-state index contributed by atoms with van der Waals surface area (Å²) in [5.41, 5.74) is -0.292. The highest BCUT2D eigenvalue weighted by atomic mass is 15.4. The Hall–Kier alpha value is -1.26. The molecule has 0 bridgehead atoms. The molecule has 1 heterocycles. The molecule has 0 aliphatic carbocycles. The molecule has 0 aromatic rings. The van der Waals surface area contributed by atoms with Crippen molar-refractivity contribution in [3.8, 4) is 0 Å². The van der Waals surface area contributed by atoms with Crippen molar-refractivity contribution in [3.63, 3.8) is 0 Å². The van der Waals surface area contributed by atoms with E-state index in [1.165, 1.54) is 0 Å². The van der Waals surface area contributed by atoms with Gasteiger partial charge in [0.15, 0.2) is 0 Å². The molecule has 0 saturated carbocycles. The topological polar surface area (TPSA) is 52.0 Å². The van der Waals surface area contributed by atoms with Gasteiger partial charge in [-0.2, -0.15) is 4.99 Å². The molecule has 0 unspecified atom stereocenters. The third-order valence-electron chi connectivity index (χ3n) is 1.65. The lowest BCUT2D eigenvalue weighted by atomic mass is 10.2. The number of guanidine groups is 2. The largest absolute Gasteiger partial charge is 0.359 e. The van der Waals surface area contributed by atoms with Gasteiger partial charge >= 0.3 is 0 Å². The van der Waals surface area contributed by atoms with E-state index in [2.05, 4.69) is 20.6 Å². The van der Waals surface area contributed by atoms with Crippen molar-refractivity contribution in [1.29, 1.82) is 0 Å². The maximum absolute atomic E-state index is 4.42. The van der Waals surface area contributed by atoms with Crippen LogP contribution >= 0.6 is 0 Å². The Balaban J connectivity index is 2.93. The zero-order valence-corrected chi connectivity index (χ0v) is 8.84. The van der Waals surface area contributed by atoms with Gasteiger partial charge in [-0.05, 0) is 13.8 Å². The van der Waals surface area contributed by atoms with Gasteiger partial charge in [0.2, 0.25) is 11.9 Å². The van der Waals surface area contributed by atoms with Gasteiger partial charge in [0.05, 0.1) is 0 Å². The lowest BCUT2D eigenvalue weighted by molar-refractivity contribution is 0.454. The van der Waals surface area contributed by atoms with Crippen LogP contribution in [0.5, 0.6) is 0 Å². The van der Waals surface area contributed by atoms with E-state index in [0.717, 1.165) is 11.9 Å². The minimum Gasteiger partial charge on any atom is -0.359 e. The smallest absolute Gasteiger partial charge is 0.225 e. The highest BCUT2D eigenvalue weighted by Crippen LogP contribution is 2.09. The molecule has 0 radical (unpaired) electrons. The van der Waals surface area contributed by atoms with E-state index in [-0.39, 0.29) is 5.66 Å². The molecule has 0 fully saturated rings. The van der Waals surface area contributed by atoms with Crippen LogP contribution in [0.2, 0.25) is 0 Å². The maximum atomic E-state index is 4.42. The third kappa shape index (κ3) is 2.34. The SMILES string of the molecule is CNC1=NC(N(C)C)=NC(C)(C)N1. The lowest BCUT2D eigenvalue weighted by Gasteiger charge is -2.29. The Morgan fingerprint density at radius 1 is 1.38 bits per heavy atom. The van der Waals surface area contributed by atoms with Crippen LogP contribution in [0.25, 0.3) is 0 Å². The summed E-state index contributed by atoms with van der Waals surface area (Å²) in [4.78, 5) is 10.6. The van der Waals surface area contributed by atoms with Crippen LogP contribution in [0.15, 0.2) is 9.98 Å². The fourth-order valence-corrected chi connectivity index (χ4v) is 1.04. The average Bonchev–Trinajstić information content (AvgIpc) is 2.01. The maximum Gasteiger partial charge on any atom is 0.225 e. The molecule has 5 nitrogen and oxygen atoms in total. The van der Waals surface area contributed by atoms with Crippen LogP contribution in [0.1, 0.15) is 13.8 Å². The van der Waals surface area contributed by atoms with Gasteiger partial charge in [-0.3, -0.25) is 0 Å². The molecule has 0 aromatic carbocycles. The highest BCUT2D eigenvalue weighted by molar-refractivity contribution is 5.96. The van der Waals surface area contributed by atoms with Crippen LogP contribution in [-0.2, 0) is 0 Å². The molecule has 0 atom stereocenters. The summed E-state index contributed by atoms with van der Waals surface area (Å²) < 4.78 is 0. The summed E-state index contributed by atoms with van der Waals surface area (Å²) in [6, 6.07) is 0. The van der Waals surface area contributed by atoms with Crippen molar-refractivity contribution in [2.24, 2.45) is 9.98 Å². The summed E-state index contributed by atoms with van der Waals surface area (Å²) >= 11 is 0. The van der Waals surface area contributed by atoms with Gasteiger partial charge in [0.1, 0.15) is 5.66 Å². The average molecular weight is 183 g/mol. The Morgan fingerprint density at radius 3 is 2.46 bits per heavy atom. The van der Waals surface area contributed by atoms with Crippen LogP contribution in [0.4, 0.5) is 0 Å². The molecule has 1 rings (SSSR count). The summed E-state index contributed by atoms with van der Waals surface area (Å²) in [5.74, 6) is 1.48. The van der Waals surface area contributed by atoms with Crippen molar-refractivity contribution in [2.75, 3.05) is 21.1 Å². The van der Waals surface area contributed by atoms with Crippen LogP contribution < -0.4 is 10.6 Å². The summed E-state index contributed by atoms with van der Waals surface area (Å²) in [5, 5.41) is 6.13. The number of nitrogens with zero attached hydrogens (tertiary/aromatic N) is 3. The summed E-state index contributed by atoms with van der Waals surface area (Å²) in [6.07, 6.45) is 0. The first-order valence-corrected chi connectivity index (χ1v) is 4.26. The van der Waals surface area contributed by atoms with Gasteiger partial charge < -0.3 is 15.5 Å². The number of hydrogen-bond donors (Lipinski definition) is 2. The Morgan fingerprint density at radius 2 is 2.00 bits per heavy atom. The number of hydrogen-bond acceptors (Lipinski definition) is 5. The normalized spacial score (nSPS) is 19.8. The molecule has 0 saturated heterocycles. The first-order chi connectivity index (χ1) is 5.94. The van der Waals surface area contributed by atoms with Gasteiger partial charge in [-0.15, -0.1) is 0 Å². The van der Waals surface area contributed by atoms with Crippen molar-refractivity contribution >= 4 is 11.9 Å². The van der Waals surface area contributed by atoms with Gasteiger partial charge in [0.25, 0.3) is 0 Å². The van der Waals surface area contributed by atoms with E-state index < -0.39 is 0 Å². The van der Waals surface area contributed by atoms with E-state index in [4.69, 9.17) is 0 Å². The zero-order valence-electron chi connectivity index (χ0n) is 8.84. The van der Waals surface area contributed by atoms with E-state index in [0.29, 0.717) is 0 Å². The van der Waals surface area contributed by atoms with E-state index >= 15 is 0 Å². The molecule has 0 amide bonds. The van der Waals surface area contributed by atoms with Crippen molar-refractivity contribution in [1.82, 2.24) is 15.5 Å². The molecule has 0 aromatic heterocycles. The second-order valence-electron chi connectivity index (χ2n) is 3.70. The quantitative estimate of drug-likeness (QED) is 0.547. The minimum absolute atomic E-state index is 0.292. The Bertz CT molecular complexity index is 251. The Kier molecular flexibility index (Phi) is 2.45. The molecular weight excluding hydrogens is 166 g/mol. The van der Waals surface area contributed by atoms with Gasteiger partial charge in [-0.25, -0.2) is 4.99 Å². The summed E-state index contributed by atoms with van der Waals surface area (Å²) in [6.45, 7) is 4.00. The van der Waals surface area contributed by atoms with Crippen molar-refractivity contribution in [3.05, 3.63) is 0 Å².